The maximum absolute atomic E-state index is 11.9. The molecular weight excluding hydrogens is 230 g/mol. The molecule has 5 nitrogen and oxygen atoms in total. The van der Waals surface area contributed by atoms with Crippen LogP contribution in [0.5, 0.6) is 0 Å². The molecule has 0 spiro atoms. The van der Waals surface area contributed by atoms with E-state index in [4.69, 9.17) is 11.5 Å². The lowest BCUT2D eigenvalue weighted by Gasteiger charge is -2.12. The van der Waals surface area contributed by atoms with E-state index in [0.717, 1.165) is 19.3 Å². The Labute approximate surface area is 106 Å². The molecule has 0 aliphatic heterocycles. The van der Waals surface area contributed by atoms with E-state index < -0.39 is 0 Å². The van der Waals surface area contributed by atoms with E-state index in [2.05, 4.69) is 5.32 Å². The highest BCUT2D eigenvalue weighted by molar-refractivity contribution is 5.99. The molecule has 1 amide bonds. The molecule has 2 atom stereocenters. The lowest BCUT2D eigenvalue weighted by molar-refractivity contribution is 0.0946. The van der Waals surface area contributed by atoms with Crippen LogP contribution in [0.2, 0.25) is 0 Å². The van der Waals surface area contributed by atoms with Gasteiger partial charge in [-0.3, -0.25) is 4.79 Å². The van der Waals surface area contributed by atoms with Crippen molar-refractivity contribution in [3.8, 4) is 0 Å². The van der Waals surface area contributed by atoms with Crippen molar-refractivity contribution < 1.29 is 9.90 Å². The number of nitrogen functional groups attached to an aromatic ring is 2. The molecule has 2 unspecified atom stereocenters. The van der Waals surface area contributed by atoms with Gasteiger partial charge < -0.3 is 21.9 Å². The fourth-order valence-corrected chi connectivity index (χ4v) is 2.35. The first-order valence-corrected chi connectivity index (χ1v) is 6.17. The Kier molecular flexibility index (Phi) is 3.72. The summed E-state index contributed by atoms with van der Waals surface area (Å²) in [5, 5.41) is 12.3. The maximum atomic E-state index is 11.9. The van der Waals surface area contributed by atoms with Gasteiger partial charge in [-0.1, -0.05) is 0 Å². The zero-order valence-electron chi connectivity index (χ0n) is 10.2. The van der Waals surface area contributed by atoms with Crippen LogP contribution < -0.4 is 16.8 Å². The molecule has 6 N–H and O–H groups in total. The number of nitrogens with two attached hydrogens (primary N) is 2. The molecule has 18 heavy (non-hydrogen) atoms. The van der Waals surface area contributed by atoms with Gasteiger partial charge >= 0.3 is 0 Å². The molecule has 1 saturated carbocycles. The number of aliphatic hydroxyl groups is 1. The predicted molar refractivity (Wildman–Crippen MR) is 70.9 cm³/mol. The fourth-order valence-electron chi connectivity index (χ4n) is 2.35. The normalized spacial score (nSPS) is 22.9. The van der Waals surface area contributed by atoms with Gasteiger partial charge in [0.15, 0.2) is 0 Å². The molecule has 1 fully saturated rings. The number of hydrogen-bond acceptors (Lipinski definition) is 4. The first-order chi connectivity index (χ1) is 8.56. The number of benzene rings is 1. The largest absolute Gasteiger partial charge is 0.399 e. The van der Waals surface area contributed by atoms with Crippen molar-refractivity contribution in [1.29, 1.82) is 0 Å². The van der Waals surface area contributed by atoms with E-state index >= 15 is 0 Å². The van der Waals surface area contributed by atoms with Crippen LogP contribution in [0, 0.1) is 5.92 Å². The highest BCUT2D eigenvalue weighted by Crippen LogP contribution is 2.24. The molecule has 0 radical (unpaired) electrons. The van der Waals surface area contributed by atoms with Crippen molar-refractivity contribution in [2.75, 3.05) is 18.0 Å². The standard InChI is InChI=1S/C13H19N3O2/c14-9-2-4-11(12(15)6-9)13(18)16-7-8-1-3-10(17)5-8/h2,4,6,8,10,17H,1,3,5,7,14-15H2,(H,16,18). The number of carbonyl (C=O) groups excluding carboxylic acids is 1. The summed E-state index contributed by atoms with van der Waals surface area (Å²) in [6, 6.07) is 4.86. The summed E-state index contributed by atoms with van der Waals surface area (Å²) >= 11 is 0. The number of carbonyl (C=O) groups is 1. The quantitative estimate of drug-likeness (QED) is 0.593. The lowest BCUT2D eigenvalue weighted by Crippen LogP contribution is -2.29. The second-order valence-electron chi connectivity index (χ2n) is 4.89. The summed E-state index contributed by atoms with van der Waals surface area (Å²) in [6.45, 7) is 0.583. The predicted octanol–water partition coefficient (Wildman–Crippen LogP) is 0.742. The van der Waals surface area contributed by atoms with Gasteiger partial charge in [0.05, 0.1) is 11.7 Å². The van der Waals surface area contributed by atoms with Crippen molar-refractivity contribution in [3.63, 3.8) is 0 Å². The molecule has 0 heterocycles. The average molecular weight is 249 g/mol. The molecule has 1 aromatic carbocycles. The Morgan fingerprint density at radius 3 is 2.78 bits per heavy atom. The molecule has 0 bridgehead atoms. The summed E-state index contributed by atoms with van der Waals surface area (Å²) in [7, 11) is 0. The van der Waals surface area contributed by atoms with E-state index in [0.29, 0.717) is 29.4 Å². The maximum Gasteiger partial charge on any atom is 0.253 e. The third-order valence-electron chi connectivity index (χ3n) is 3.39. The van der Waals surface area contributed by atoms with Gasteiger partial charge in [0, 0.05) is 17.9 Å². The minimum Gasteiger partial charge on any atom is -0.399 e. The van der Waals surface area contributed by atoms with Crippen molar-refractivity contribution >= 4 is 17.3 Å². The highest BCUT2D eigenvalue weighted by Gasteiger charge is 2.23. The van der Waals surface area contributed by atoms with E-state index in [1.807, 2.05) is 0 Å². The van der Waals surface area contributed by atoms with Crippen molar-refractivity contribution in [2.24, 2.45) is 5.92 Å². The van der Waals surface area contributed by atoms with Crippen LogP contribution in [0.4, 0.5) is 11.4 Å². The Morgan fingerprint density at radius 1 is 1.39 bits per heavy atom. The first-order valence-electron chi connectivity index (χ1n) is 6.17. The van der Waals surface area contributed by atoms with Gasteiger partial charge in [-0.25, -0.2) is 0 Å². The number of anilines is 2. The van der Waals surface area contributed by atoms with Gasteiger partial charge in [0.25, 0.3) is 5.91 Å². The van der Waals surface area contributed by atoms with E-state index in [-0.39, 0.29) is 12.0 Å². The van der Waals surface area contributed by atoms with Crippen LogP contribution in [0.1, 0.15) is 29.6 Å². The topological polar surface area (TPSA) is 101 Å². The Balaban J connectivity index is 1.91. The molecule has 5 heteroatoms. The van der Waals surface area contributed by atoms with Gasteiger partial charge in [0.2, 0.25) is 0 Å². The summed E-state index contributed by atoms with van der Waals surface area (Å²) in [5.74, 6) is 0.174. The fraction of sp³-hybridized carbons (Fsp3) is 0.462. The second kappa shape index (κ2) is 5.27. The van der Waals surface area contributed by atoms with E-state index in [1.165, 1.54) is 0 Å². The van der Waals surface area contributed by atoms with Gasteiger partial charge in [-0.2, -0.15) is 0 Å². The number of rotatable bonds is 3. The molecule has 0 aromatic heterocycles. The smallest absolute Gasteiger partial charge is 0.253 e. The van der Waals surface area contributed by atoms with Crippen LogP contribution in [0.3, 0.4) is 0 Å². The molecule has 0 saturated heterocycles. The number of hydrogen-bond donors (Lipinski definition) is 4. The average Bonchev–Trinajstić information content (AvgIpc) is 2.72. The van der Waals surface area contributed by atoms with E-state index in [1.54, 1.807) is 18.2 Å². The highest BCUT2D eigenvalue weighted by atomic mass is 16.3. The third kappa shape index (κ3) is 2.92. The van der Waals surface area contributed by atoms with Crippen LogP contribution in [-0.4, -0.2) is 23.7 Å². The number of nitrogens with one attached hydrogen (secondary N) is 1. The summed E-state index contributed by atoms with van der Waals surface area (Å²) < 4.78 is 0. The van der Waals surface area contributed by atoms with Crippen molar-refractivity contribution in [1.82, 2.24) is 5.32 Å². The van der Waals surface area contributed by atoms with Crippen molar-refractivity contribution in [2.45, 2.75) is 25.4 Å². The minimum absolute atomic E-state index is 0.186. The monoisotopic (exact) mass is 249 g/mol. The van der Waals surface area contributed by atoms with Gasteiger partial charge in [-0.05, 0) is 43.4 Å². The van der Waals surface area contributed by atoms with Crippen LogP contribution in [0.15, 0.2) is 18.2 Å². The molecule has 98 valence electrons. The molecule has 1 aliphatic carbocycles. The Bertz CT molecular complexity index is 448. The molecular formula is C13H19N3O2. The van der Waals surface area contributed by atoms with Gasteiger partial charge in [0.1, 0.15) is 0 Å². The summed E-state index contributed by atoms with van der Waals surface area (Å²) in [4.78, 5) is 11.9. The summed E-state index contributed by atoms with van der Waals surface area (Å²) in [6.07, 6.45) is 2.33. The zero-order valence-corrected chi connectivity index (χ0v) is 10.2. The van der Waals surface area contributed by atoms with Crippen molar-refractivity contribution in [3.05, 3.63) is 23.8 Å². The Morgan fingerprint density at radius 2 is 2.17 bits per heavy atom. The third-order valence-corrected chi connectivity index (χ3v) is 3.39. The Hall–Kier alpha value is -1.75. The first kappa shape index (κ1) is 12.7. The SMILES string of the molecule is Nc1ccc(C(=O)NCC2CCC(O)C2)c(N)c1. The number of aliphatic hydroxyl groups excluding tert-OH is 1. The summed E-state index contributed by atoms with van der Waals surface area (Å²) in [5.41, 5.74) is 12.7. The molecule has 1 aliphatic rings. The second-order valence-corrected chi connectivity index (χ2v) is 4.89. The van der Waals surface area contributed by atoms with Crippen LogP contribution in [0.25, 0.3) is 0 Å². The molecule has 2 rings (SSSR count). The molecule has 1 aromatic rings. The van der Waals surface area contributed by atoms with E-state index in [9.17, 15) is 9.90 Å². The van der Waals surface area contributed by atoms with Crippen LogP contribution in [-0.2, 0) is 0 Å². The van der Waals surface area contributed by atoms with Gasteiger partial charge in [-0.15, -0.1) is 0 Å². The number of amides is 1. The van der Waals surface area contributed by atoms with Crippen LogP contribution >= 0.6 is 0 Å². The lowest BCUT2D eigenvalue weighted by atomic mass is 10.1. The minimum atomic E-state index is -0.214. The zero-order chi connectivity index (χ0) is 13.1.